The molecule has 0 radical (unpaired) electrons. The molecule has 1 heteroatoms. The zero-order valence-electron chi connectivity index (χ0n) is 9.63. The van der Waals surface area contributed by atoms with Gasteiger partial charge in [0.2, 0.25) is 0 Å². The van der Waals surface area contributed by atoms with Crippen LogP contribution in [0, 0.1) is 5.92 Å². The number of rotatable bonds is 4. The van der Waals surface area contributed by atoms with Gasteiger partial charge in [-0.15, -0.1) is 0 Å². The number of hydrogen-bond acceptors (Lipinski definition) is 1. The fraction of sp³-hybridized carbons (Fsp3) is 0.692. The van der Waals surface area contributed by atoms with Gasteiger partial charge in [0.15, 0.2) is 0 Å². The zero-order valence-corrected chi connectivity index (χ0v) is 9.63. The van der Waals surface area contributed by atoms with Crippen LogP contribution in [-0.4, -0.2) is 18.5 Å². The molecule has 0 bridgehead atoms. The van der Waals surface area contributed by atoms with Crippen LogP contribution in [0.2, 0.25) is 0 Å². The van der Waals surface area contributed by atoms with Crippen LogP contribution < -0.4 is 0 Å². The molecule has 0 aromatic carbocycles. The van der Waals surface area contributed by atoms with E-state index in [0.29, 0.717) is 0 Å². The second-order valence-corrected chi connectivity index (χ2v) is 4.30. The lowest BCUT2D eigenvalue weighted by molar-refractivity contribution is 0.273. The van der Waals surface area contributed by atoms with Crippen LogP contribution in [0.1, 0.15) is 39.0 Å². The highest BCUT2D eigenvalue weighted by molar-refractivity contribution is 5.13. The second-order valence-electron chi connectivity index (χ2n) is 4.30. The van der Waals surface area contributed by atoms with Crippen LogP contribution in [0.4, 0.5) is 0 Å². The predicted molar refractivity (Wildman–Crippen MR) is 63.2 cm³/mol. The summed E-state index contributed by atoms with van der Waals surface area (Å²) >= 11 is 0. The van der Waals surface area contributed by atoms with Crippen LogP contribution in [0.15, 0.2) is 24.4 Å². The fourth-order valence-corrected chi connectivity index (χ4v) is 2.36. The topological polar surface area (TPSA) is 3.24 Å². The lowest BCUT2D eigenvalue weighted by atomic mass is 9.89. The average molecular weight is 193 g/mol. The van der Waals surface area contributed by atoms with E-state index in [1.165, 1.54) is 44.3 Å². The molecule has 0 aliphatic heterocycles. The van der Waals surface area contributed by atoms with Crippen molar-refractivity contribution >= 4 is 0 Å². The van der Waals surface area contributed by atoms with Crippen molar-refractivity contribution in [2.45, 2.75) is 39.0 Å². The van der Waals surface area contributed by atoms with Crippen LogP contribution in [0.3, 0.4) is 0 Å². The summed E-state index contributed by atoms with van der Waals surface area (Å²) < 4.78 is 0. The van der Waals surface area contributed by atoms with Crippen molar-refractivity contribution in [1.29, 1.82) is 0 Å². The van der Waals surface area contributed by atoms with Gasteiger partial charge in [-0.05, 0) is 31.8 Å². The molecule has 1 fully saturated rings. The Bertz CT molecular complexity index is 199. The van der Waals surface area contributed by atoms with Crippen molar-refractivity contribution < 1.29 is 0 Å². The molecule has 1 saturated carbocycles. The normalized spacial score (nSPS) is 19.4. The Kier molecular flexibility index (Phi) is 4.78. The molecule has 0 atom stereocenters. The van der Waals surface area contributed by atoms with Crippen LogP contribution in [0.5, 0.6) is 0 Å². The van der Waals surface area contributed by atoms with Gasteiger partial charge >= 0.3 is 0 Å². The standard InChI is InChI=1S/C13H23N/c1-4-13(5-2)14(3)11-12-9-7-6-8-10-12/h4-5,12H,1,6-11H2,2-3H3. The molecule has 0 aromatic heterocycles. The Morgan fingerprint density at radius 2 is 2.00 bits per heavy atom. The van der Waals surface area contributed by atoms with Crippen molar-refractivity contribution in [2.75, 3.05) is 13.6 Å². The minimum absolute atomic E-state index is 0.906. The highest BCUT2D eigenvalue weighted by Crippen LogP contribution is 2.24. The molecular weight excluding hydrogens is 170 g/mol. The van der Waals surface area contributed by atoms with Gasteiger partial charge in [0, 0.05) is 19.3 Å². The van der Waals surface area contributed by atoms with E-state index >= 15 is 0 Å². The third-order valence-corrected chi connectivity index (χ3v) is 3.20. The lowest BCUT2D eigenvalue weighted by Gasteiger charge is -2.28. The van der Waals surface area contributed by atoms with Gasteiger partial charge in [-0.2, -0.15) is 0 Å². The van der Waals surface area contributed by atoms with Gasteiger partial charge in [-0.1, -0.05) is 31.9 Å². The summed E-state index contributed by atoms with van der Waals surface area (Å²) in [6.45, 7) is 7.11. The molecule has 0 saturated heterocycles. The van der Waals surface area contributed by atoms with E-state index in [1.807, 2.05) is 6.08 Å². The van der Waals surface area contributed by atoms with Crippen LogP contribution >= 0.6 is 0 Å². The minimum Gasteiger partial charge on any atom is -0.375 e. The molecule has 0 heterocycles. The Hall–Kier alpha value is -0.720. The Labute approximate surface area is 88.5 Å². The minimum atomic E-state index is 0.906. The van der Waals surface area contributed by atoms with Crippen LogP contribution in [-0.2, 0) is 0 Å². The van der Waals surface area contributed by atoms with Gasteiger partial charge in [0.25, 0.3) is 0 Å². The summed E-state index contributed by atoms with van der Waals surface area (Å²) in [5, 5.41) is 0. The number of likely N-dealkylation sites (N-methyl/N-ethyl adjacent to an activating group) is 1. The van der Waals surface area contributed by atoms with Gasteiger partial charge in [-0.3, -0.25) is 0 Å². The maximum absolute atomic E-state index is 3.84. The summed E-state index contributed by atoms with van der Waals surface area (Å²) in [5.74, 6) is 0.906. The molecule has 14 heavy (non-hydrogen) atoms. The second kappa shape index (κ2) is 5.90. The van der Waals surface area contributed by atoms with Gasteiger partial charge in [0.1, 0.15) is 0 Å². The third kappa shape index (κ3) is 3.21. The van der Waals surface area contributed by atoms with E-state index in [4.69, 9.17) is 0 Å². The highest BCUT2D eigenvalue weighted by Gasteiger charge is 2.15. The lowest BCUT2D eigenvalue weighted by Crippen LogP contribution is -2.25. The van der Waals surface area contributed by atoms with Gasteiger partial charge < -0.3 is 4.90 Å². The van der Waals surface area contributed by atoms with E-state index < -0.39 is 0 Å². The number of allylic oxidation sites excluding steroid dienone is 2. The summed E-state index contributed by atoms with van der Waals surface area (Å²) in [7, 11) is 2.17. The average Bonchev–Trinajstić information content (AvgIpc) is 2.21. The maximum atomic E-state index is 3.84. The maximum Gasteiger partial charge on any atom is 0.0314 e. The number of nitrogens with zero attached hydrogens (tertiary/aromatic N) is 1. The van der Waals surface area contributed by atoms with Gasteiger partial charge in [-0.25, -0.2) is 0 Å². The molecule has 1 nitrogen and oxygen atoms in total. The van der Waals surface area contributed by atoms with Crippen molar-refractivity contribution in [1.82, 2.24) is 4.90 Å². The summed E-state index contributed by atoms with van der Waals surface area (Å²) in [6.07, 6.45) is 11.2. The largest absolute Gasteiger partial charge is 0.375 e. The van der Waals surface area contributed by atoms with Crippen molar-refractivity contribution in [3.05, 3.63) is 24.4 Å². The van der Waals surface area contributed by atoms with Crippen LogP contribution in [0.25, 0.3) is 0 Å². The molecule has 0 amide bonds. The first-order valence-electron chi connectivity index (χ1n) is 5.77. The van der Waals surface area contributed by atoms with Crippen molar-refractivity contribution in [2.24, 2.45) is 5.92 Å². The Balaban J connectivity index is 2.38. The first-order chi connectivity index (χ1) is 6.77. The highest BCUT2D eigenvalue weighted by atomic mass is 15.1. The molecule has 0 spiro atoms. The first kappa shape index (κ1) is 11.4. The molecule has 0 unspecified atom stereocenters. The van der Waals surface area contributed by atoms with Gasteiger partial charge in [0.05, 0.1) is 0 Å². The third-order valence-electron chi connectivity index (χ3n) is 3.20. The monoisotopic (exact) mass is 193 g/mol. The predicted octanol–water partition coefficient (Wildman–Crippen LogP) is 3.59. The number of hydrogen-bond donors (Lipinski definition) is 0. The summed E-state index contributed by atoms with van der Waals surface area (Å²) in [6, 6.07) is 0. The van der Waals surface area contributed by atoms with E-state index in [2.05, 4.69) is 31.5 Å². The zero-order chi connectivity index (χ0) is 10.4. The van der Waals surface area contributed by atoms with E-state index in [9.17, 15) is 0 Å². The smallest absolute Gasteiger partial charge is 0.0314 e. The van der Waals surface area contributed by atoms with E-state index in [-0.39, 0.29) is 0 Å². The molecule has 1 aliphatic carbocycles. The SMILES string of the molecule is C=CC(=CC)N(C)CC1CCCCC1. The molecule has 1 rings (SSSR count). The van der Waals surface area contributed by atoms with Crippen molar-refractivity contribution in [3.63, 3.8) is 0 Å². The Morgan fingerprint density at radius 1 is 1.36 bits per heavy atom. The molecule has 80 valence electrons. The van der Waals surface area contributed by atoms with Crippen molar-refractivity contribution in [3.8, 4) is 0 Å². The molecular formula is C13H23N. The Morgan fingerprint density at radius 3 is 2.50 bits per heavy atom. The summed E-state index contributed by atoms with van der Waals surface area (Å²) in [4.78, 5) is 2.34. The first-order valence-corrected chi connectivity index (χ1v) is 5.77. The summed E-state index contributed by atoms with van der Waals surface area (Å²) in [5.41, 5.74) is 1.26. The van der Waals surface area contributed by atoms with E-state index in [1.54, 1.807) is 0 Å². The van der Waals surface area contributed by atoms with E-state index in [0.717, 1.165) is 5.92 Å². The quantitative estimate of drug-likeness (QED) is 0.617. The molecule has 1 aliphatic rings. The molecule has 0 aromatic rings. The molecule has 0 N–H and O–H groups in total. The fourth-order valence-electron chi connectivity index (χ4n) is 2.36.